The van der Waals surface area contributed by atoms with Crippen molar-refractivity contribution in [1.29, 1.82) is 0 Å². The highest BCUT2D eigenvalue weighted by atomic mass is 32.2. The van der Waals surface area contributed by atoms with Gasteiger partial charge in [-0.15, -0.1) is 0 Å². The number of nitrogens with zero attached hydrogens (tertiary/aromatic N) is 2. The van der Waals surface area contributed by atoms with Crippen LogP contribution >= 0.6 is 0 Å². The third-order valence-corrected chi connectivity index (χ3v) is 3.63. The Kier molecular flexibility index (Phi) is 4.49. The third-order valence-electron chi connectivity index (χ3n) is 2.60. The van der Waals surface area contributed by atoms with Crippen molar-refractivity contribution >= 4 is 15.7 Å². The fourth-order valence-electron chi connectivity index (χ4n) is 1.61. The number of anilines is 1. The zero-order valence-corrected chi connectivity index (χ0v) is 10.9. The van der Waals surface area contributed by atoms with E-state index in [-0.39, 0.29) is 11.8 Å². The Hall–Kier alpha value is -1.12. The molecule has 0 saturated carbocycles. The van der Waals surface area contributed by atoms with Crippen LogP contribution < -0.4 is 17.0 Å². The Morgan fingerprint density at radius 3 is 2.65 bits per heavy atom. The summed E-state index contributed by atoms with van der Waals surface area (Å²) in [6, 6.07) is -0.176. The van der Waals surface area contributed by atoms with Crippen LogP contribution in [0.5, 0.6) is 0 Å². The zero-order chi connectivity index (χ0) is 13.1. The maximum atomic E-state index is 11.0. The molecule has 0 aromatic carbocycles. The molecule has 17 heavy (non-hydrogen) atoms. The van der Waals surface area contributed by atoms with E-state index < -0.39 is 9.84 Å². The van der Waals surface area contributed by atoms with Crippen molar-refractivity contribution in [3.05, 3.63) is 11.8 Å². The molecule has 1 rings (SSSR count). The van der Waals surface area contributed by atoms with Gasteiger partial charge in [-0.3, -0.25) is 16.0 Å². The smallest absolute Gasteiger partial charge is 0.147 e. The molecule has 0 aliphatic rings. The summed E-state index contributed by atoms with van der Waals surface area (Å²) in [5.41, 5.74) is 9.25. The second kappa shape index (κ2) is 5.48. The number of rotatable bonds is 6. The predicted molar refractivity (Wildman–Crippen MR) is 66.6 cm³/mol. The maximum Gasteiger partial charge on any atom is 0.147 e. The topological polar surface area (TPSA) is 116 Å². The summed E-state index contributed by atoms with van der Waals surface area (Å²) >= 11 is 0. The average Bonchev–Trinajstić information content (AvgIpc) is 2.54. The summed E-state index contributed by atoms with van der Waals surface area (Å²) in [5.74, 6) is 6.12. The van der Waals surface area contributed by atoms with Crippen molar-refractivity contribution < 1.29 is 8.42 Å². The van der Waals surface area contributed by atoms with Gasteiger partial charge >= 0.3 is 0 Å². The van der Waals surface area contributed by atoms with Gasteiger partial charge in [-0.1, -0.05) is 0 Å². The van der Waals surface area contributed by atoms with Gasteiger partial charge in [-0.05, 0) is 12.8 Å². The fourth-order valence-corrected chi connectivity index (χ4v) is 2.30. The van der Waals surface area contributed by atoms with Gasteiger partial charge in [0.15, 0.2) is 0 Å². The van der Waals surface area contributed by atoms with Gasteiger partial charge < -0.3 is 5.73 Å². The van der Waals surface area contributed by atoms with E-state index in [9.17, 15) is 8.42 Å². The van der Waals surface area contributed by atoms with E-state index in [0.29, 0.717) is 18.7 Å². The number of nitrogen functional groups attached to an aromatic ring is 1. The Balaban J connectivity index is 2.64. The average molecular weight is 261 g/mol. The first kappa shape index (κ1) is 13.9. The lowest BCUT2D eigenvalue weighted by Crippen LogP contribution is -2.28. The first-order valence-corrected chi connectivity index (χ1v) is 7.32. The highest BCUT2D eigenvalue weighted by Crippen LogP contribution is 2.22. The summed E-state index contributed by atoms with van der Waals surface area (Å²) in [6.45, 7) is 0. The molecule has 0 aliphatic heterocycles. The molecule has 0 aliphatic carbocycles. The minimum Gasteiger partial charge on any atom is -0.384 e. The molecule has 1 atom stereocenters. The van der Waals surface area contributed by atoms with Gasteiger partial charge in [0.25, 0.3) is 0 Å². The van der Waals surface area contributed by atoms with Gasteiger partial charge in [-0.25, -0.2) is 8.42 Å². The second-order valence-electron chi connectivity index (χ2n) is 4.10. The normalized spacial score (nSPS) is 13.8. The Morgan fingerprint density at radius 1 is 1.59 bits per heavy atom. The van der Waals surface area contributed by atoms with Gasteiger partial charge in [-0.2, -0.15) is 5.10 Å². The molecule has 5 N–H and O–H groups in total. The van der Waals surface area contributed by atoms with E-state index in [2.05, 4.69) is 10.5 Å². The molecule has 1 aromatic heterocycles. The van der Waals surface area contributed by atoms with Crippen molar-refractivity contribution in [2.24, 2.45) is 12.9 Å². The largest absolute Gasteiger partial charge is 0.384 e. The van der Waals surface area contributed by atoms with E-state index in [1.807, 2.05) is 0 Å². The van der Waals surface area contributed by atoms with Crippen molar-refractivity contribution in [2.45, 2.75) is 18.9 Å². The van der Waals surface area contributed by atoms with Crippen LogP contribution in [-0.4, -0.2) is 30.2 Å². The van der Waals surface area contributed by atoms with Gasteiger partial charge in [0, 0.05) is 24.6 Å². The monoisotopic (exact) mass is 261 g/mol. The van der Waals surface area contributed by atoms with E-state index in [0.717, 1.165) is 5.56 Å². The minimum absolute atomic E-state index is 0.144. The SMILES string of the molecule is Cn1ncc(C(CCCS(C)(=O)=O)NN)c1N. The highest BCUT2D eigenvalue weighted by molar-refractivity contribution is 7.90. The first-order valence-electron chi connectivity index (χ1n) is 5.26. The summed E-state index contributed by atoms with van der Waals surface area (Å²) in [6.07, 6.45) is 3.98. The van der Waals surface area contributed by atoms with Crippen LogP contribution in [0, 0.1) is 0 Å². The number of nitrogens with two attached hydrogens (primary N) is 2. The Labute approximate surface area is 101 Å². The lowest BCUT2D eigenvalue weighted by atomic mass is 10.1. The summed E-state index contributed by atoms with van der Waals surface area (Å²) in [5, 5.41) is 4.02. The molecular formula is C9H19N5O2S. The van der Waals surface area contributed by atoms with Gasteiger partial charge in [0.1, 0.15) is 15.7 Å². The molecule has 0 fully saturated rings. The molecule has 0 spiro atoms. The van der Waals surface area contributed by atoms with Crippen molar-refractivity contribution in [3.8, 4) is 0 Å². The van der Waals surface area contributed by atoms with Crippen LogP contribution in [0.25, 0.3) is 0 Å². The van der Waals surface area contributed by atoms with Crippen molar-refractivity contribution in [3.63, 3.8) is 0 Å². The zero-order valence-electron chi connectivity index (χ0n) is 10.0. The molecule has 98 valence electrons. The van der Waals surface area contributed by atoms with Crippen LogP contribution in [0.3, 0.4) is 0 Å². The molecule has 1 heterocycles. The lowest BCUT2D eigenvalue weighted by molar-refractivity contribution is 0.509. The number of hydrogen-bond donors (Lipinski definition) is 3. The highest BCUT2D eigenvalue weighted by Gasteiger charge is 2.16. The van der Waals surface area contributed by atoms with Crippen LogP contribution in [-0.2, 0) is 16.9 Å². The minimum atomic E-state index is -2.94. The number of sulfone groups is 1. The predicted octanol–water partition coefficient (Wildman–Crippen LogP) is -0.668. The van der Waals surface area contributed by atoms with Crippen LogP contribution in [0.2, 0.25) is 0 Å². The first-order chi connectivity index (χ1) is 7.85. The molecule has 1 unspecified atom stereocenters. The third kappa shape index (κ3) is 3.99. The molecule has 0 radical (unpaired) electrons. The number of hydrogen-bond acceptors (Lipinski definition) is 6. The van der Waals surface area contributed by atoms with Crippen molar-refractivity contribution in [2.75, 3.05) is 17.7 Å². The standard InChI is InChI=1S/C9H19N5O2S/c1-14-9(10)7(6-12-14)8(13-11)4-3-5-17(2,15)16/h6,8,13H,3-5,10-11H2,1-2H3. The molecule has 1 aromatic rings. The number of hydrazine groups is 1. The summed E-state index contributed by atoms with van der Waals surface area (Å²) in [7, 11) is -1.20. The van der Waals surface area contributed by atoms with E-state index >= 15 is 0 Å². The molecular weight excluding hydrogens is 242 g/mol. The maximum absolute atomic E-state index is 11.0. The van der Waals surface area contributed by atoms with Crippen LogP contribution in [0.15, 0.2) is 6.20 Å². The van der Waals surface area contributed by atoms with E-state index in [1.165, 1.54) is 6.26 Å². The van der Waals surface area contributed by atoms with E-state index in [1.54, 1.807) is 17.9 Å². The van der Waals surface area contributed by atoms with Crippen molar-refractivity contribution in [1.82, 2.24) is 15.2 Å². The number of nitrogens with one attached hydrogen (secondary N) is 1. The molecule has 0 amide bonds. The van der Waals surface area contributed by atoms with E-state index in [4.69, 9.17) is 11.6 Å². The Morgan fingerprint density at radius 2 is 2.24 bits per heavy atom. The summed E-state index contributed by atoms with van der Waals surface area (Å²) < 4.78 is 23.6. The molecule has 0 saturated heterocycles. The molecule has 0 bridgehead atoms. The van der Waals surface area contributed by atoms with Gasteiger partial charge in [0.05, 0.1) is 12.2 Å². The number of aryl methyl sites for hydroxylation is 1. The molecule has 7 nitrogen and oxygen atoms in total. The van der Waals surface area contributed by atoms with Crippen LogP contribution in [0.1, 0.15) is 24.4 Å². The summed E-state index contributed by atoms with van der Waals surface area (Å²) in [4.78, 5) is 0. The second-order valence-corrected chi connectivity index (χ2v) is 6.36. The van der Waals surface area contributed by atoms with Gasteiger partial charge in [0.2, 0.25) is 0 Å². The fraction of sp³-hybridized carbons (Fsp3) is 0.667. The number of aromatic nitrogens is 2. The molecule has 8 heteroatoms. The van der Waals surface area contributed by atoms with Crippen LogP contribution in [0.4, 0.5) is 5.82 Å². The lowest BCUT2D eigenvalue weighted by Gasteiger charge is -2.14. The quantitative estimate of drug-likeness (QED) is 0.462. The Bertz CT molecular complexity index is 468.